The van der Waals surface area contributed by atoms with Gasteiger partial charge in [0.25, 0.3) is 0 Å². The van der Waals surface area contributed by atoms with Crippen LogP contribution < -0.4 is 19.7 Å². The monoisotopic (exact) mass is 751 g/mol. The van der Waals surface area contributed by atoms with Gasteiger partial charge in [0.15, 0.2) is 0 Å². The Kier molecular flexibility index (Phi) is 16.8. The standard InChI is InChI=1S/C37H54ClN3O11/c1-45-19-6-17-40-18-22-46-33-16-7-27(23-32(33)40)26-48-34-24-39-25-35(52-37(42)47-20-4-2-3-5-21-49-41(43)44)36(34)51-31-14-12-30(13-15-31)50-29-10-8-28(38)9-11-29/h7-11,16,23,30-31,34-36,39,43-44H,2-6,12-15,17-22,24-26H2,1H3. The maximum atomic E-state index is 12.8. The number of fused-ring (bicyclic) bond motifs is 1. The molecular weight excluding hydrogens is 698 g/mol. The molecule has 14 nitrogen and oxygen atoms in total. The van der Waals surface area contributed by atoms with Crippen LogP contribution in [0.3, 0.4) is 0 Å². The number of hydrogen-bond donors (Lipinski definition) is 3. The highest BCUT2D eigenvalue weighted by molar-refractivity contribution is 6.30. The molecule has 0 aromatic heterocycles. The fourth-order valence-electron chi connectivity index (χ4n) is 6.75. The van der Waals surface area contributed by atoms with E-state index in [0.29, 0.717) is 50.8 Å². The van der Waals surface area contributed by atoms with E-state index < -0.39 is 18.4 Å². The first-order valence-corrected chi connectivity index (χ1v) is 18.8. The van der Waals surface area contributed by atoms with Crippen molar-refractivity contribution in [2.24, 2.45) is 0 Å². The number of nitrogens with zero attached hydrogens (tertiary/aromatic N) is 2. The highest BCUT2D eigenvalue weighted by Crippen LogP contribution is 2.34. The summed E-state index contributed by atoms with van der Waals surface area (Å²) in [6, 6.07) is 13.6. The molecule has 2 heterocycles. The van der Waals surface area contributed by atoms with Crippen LogP contribution in [0.4, 0.5) is 10.5 Å². The predicted octanol–water partition coefficient (Wildman–Crippen LogP) is 5.93. The first-order valence-electron chi connectivity index (χ1n) is 18.4. The fourth-order valence-corrected chi connectivity index (χ4v) is 6.88. The van der Waals surface area contributed by atoms with Gasteiger partial charge in [-0.15, -0.1) is 0 Å². The highest BCUT2D eigenvalue weighted by Gasteiger charge is 2.40. The van der Waals surface area contributed by atoms with Crippen molar-refractivity contribution < 1.29 is 53.2 Å². The van der Waals surface area contributed by atoms with Gasteiger partial charge in [-0.3, -0.25) is 15.3 Å². The number of piperidine rings is 1. The molecule has 3 N–H and O–H groups in total. The first-order chi connectivity index (χ1) is 25.4. The molecule has 2 aromatic carbocycles. The van der Waals surface area contributed by atoms with Gasteiger partial charge in [-0.05, 0) is 93.3 Å². The first kappa shape index (κ1) is 40.3. The van der Waals surface area contributed by atoms with Gasteiger partial charge >= 0.3 is 6.16 Å². The van der Waals surface area contributed by atoms with Crippen LogP contribution in [0.1, 0.15) is 63.4 Å². The van der Waals surface area contributed by atoms with Gasteiger partial charge in [-0.25, -0.2) is 4.79 Å². The number of anilines is 1. The lowest BCUT2D eigenvalue weighted by atomic mass is 9.94. The van der Waals surface area contributed by atoms with Crippen LogP contribution in [-0.2, 0) is 35.1 Å². The molecule has 3 atom stereocenters. The number of benzene rings is 2. The summed E-state index contributed by atoms with van der Waals surface area (Å²) in [7, 11) is 1.72. The Balaban J connectivity index is 1.17. The average Bonchev–Trinajstić information content (AvgIpc) is 3.14. The van der Waals surface area contributed by atoms with Crippen molar-refractivity contribution in [2.75, 3.05) is 64.6 Å². The predicted molar refractivity (Wildman–Crippen MR) is 191 cm³/mol. The molecule has 0 amide bonds. The van der Waals surface area contributed by atoms with Crippen LogP contribution in [0, 0.1) is 0 Å². The van der Waals surface area contributed by atoms with Crippen molar-refractivity contribution >= 4 is 23.4 Å². The Hall–Kier alpha value is -2.92. The van der Waals surface area contributed by atoms with Crippen LogP contribution in [0.25, 0.3) is 0 Å². The third-order valence-electron chi connectivity index (χ3n) is 9.45. The molecule has 0 bridgehead atoms. The van der Waals surface area contributed by atoms with E-state index in [1.807, 2.05) is 36.4 Å². The minimum atomic E-state index is -0.746. The maximum absolute atomic E-state index is 12.8. The highest BCUT2D eigenvalue weighted by atomic mass is 35.5. The second-order valence-electron chi connectivity index (χ2n) is 13.3. The summed E-state index contributed by atoms with van der Waals surface area (Å²) in [5, 5.41) is 20.9. The normalized spacial score (nSPS) is 23.2. The van der Waals surface area contributed by atoms with E-state index >= 15 is 0 Å². The molecule has 15 heteroatoms. The van der Waals surface area contributed by atoms with Gasteiger partial charge in [-0.2, -0.15) is 0 Å². The van der Waals surface area contributed by atoms with E-state index in [-0.39, 0.29) is 36.9 Å². The van der Waals surface area contributed by atoms with Crippen LogP contribution >= 0.6 is 11.6 Å². The molecule has 1 saturated carbocycles. The molecule has 2 aromatic rings. The van der Waals surface area contributed by atoms with E-state index in [9.17, 15) is 4.79 Å². The topological polar surface area (TPSA) is 150 Å². The zero-order chi connectivity index (χ0) is 36.5. The molecule has 0 radical (unpaired) electrons. The van der Waals surface area contributed by atoms with Gasteiger partial charge in [-0.1, -0.05) is 24.1 Å². The fraction of sp³-hybridized carbons (Fsp3) is 0.649. The van der Waals surface area contributed by atoms with E-state index in [4.69, 9.17) is 55.2 Å². The third kappa shape index (κ3) is 13.2. The number of unbranched alkanes of at least 4 members (excludes halogenated alkanes) is 3. The molecule has 3 aliphatic rings. The van der Waals surface area contributed by atoms with Gasteiger partial charge in [0, 0.05) is 38.4 Å². The summed E-state index contributed by atoms with van der Waals surface area (Å²) in [5.41, 5.74) is 2.06. The van der Waals surface area contributed by atoms with Gasteiger partial charge < -0.3 is 43.4 Å². The molecule has 0 spiro atoms. The number of halogens is 1. The lowest BCUT2D eigenvalue weighted by Gasteiger charge is -2.40. The van der Waals surface area contributed by atoms with Crippen molar-refractivity contribution in [3.05, 3.63) is 53.1 Å². The molecule has 290 valence electrons. The number of rotatable bonds is 20. The number of ether oxygens (including phenoxy) is 7. The van der Waals surface area contributed by atoms with Gasteiger partial charge in [0.2, 0.25) is 0 Å². The summed E-state index contributed by atoms with van der Waals surface area (Å²) in [6.07, 6.45) is 4.83. The van der Waals surface area contributed by atoms with Crippen LogP contribution in [0.5, 0.6) is 11.5 Å². The number of carbonyl (C=O) groups excluding carboxylic acids is 1. The van der Waals surface area contributed by atoms with Gasteiger partial charge in [0.1, 0.15) is 36.4 Å². The van der Waals surface area contributed by atoms with Crippen LogP contribution in [0.15, 0.2) is 42.5 Å². The smallest absolute Gasteiger partial charge is 0.490 e. The summed E-state index contributed by atoms with van der Waals surface area (Å²) < 4.78 is 42.0. The molecule has 52 heavy (non-hydrogen) atoms. The third-order valence-corrected chi connectivity index (χ3v) is 9.70. The Bertz CT molecular complexity index is 1330. The second-order valence-corrected chi connectivity index (χ2v) is 13.8. The Labute approximate surface area is 310 Å². The summed E-state index contributed by atoms with van der Waals surface area (Å²) in [4.78, 5) is 19.7. The van der Waals surface area contributed by atoms with E-state index in [0.717, 1.165) is 80.8 Å². The maximum Gasteiger partial charge on any atom is 0.508 e. The average molecular weight is 752 g/mol. The van der Waals surface area contributed by atoms with Crippen molar-refractivity contribution in [3.63, 3.8) is 0 Å². The summed E-state index contributed by atoms with van der Waals surface area (Å²) >= 11 is 6.04. The SMILES string of the molecule is COCCCN1CCOc2ccc(COC3CNCC(OC(=O)OCCCCCCON(O)O)C3OC3CCC(Oc4ccc(Cl)cc4)CC3)cc21. The molecule has 3 unspecified atom stereocenters. The molecule has 1 saturated heterocycles. The Morgan fingerprint density at radius 3 is 2.46 bits per heavy atom. The number of carbonyl (C=O) groups is 1. The lowest BCUT2D eigenvalue weighted by Crippen LogP contribution is -2.58. The zero-order valence-corrected chi connectivity index (χ0v) is 30.8. The summed E-state index contributed by atoms with van der Waals surface area (Å²) in [5.74, 6) is 1.66. The number of nitrogens with one attached hydrogen (secondary N) is 1. The van der Waals surface area contributed by atoms with Crippen molar-refractivity contribution in [1.29, 1.82) is 0 Å². The summed E-state index contributed by atoms with van der Waals surface area (Å²) in [6.45, 7) is 4.73. The van der Waals surface area contributed by atoms with E-state index in [1.54, 1.807) is 7.11 Å². The van der Waals surface area contributed by atoms with Crippen molar-refractivity contribution in [2.45, 2.75) is 94.9 Å². The quantitative estimate of drug-likeness (QED) is 0.0833. The Morgan fingerprint density at radius 2 is 1.69 bits per heavy atom. The number of methoxy groups -OCH3 is 1. The molecule has 2 fully saturated rings. The zero-order valence-electron chi connectivity index (χ0n) is 30.0. The van der Waals surface area contributed by atoms with Crippen LogP contribution in [0.2, 0.25) is 5.02 Å². The van der Waals surface area contributed by atoms with Crippen molar-refractivity contribution in [3.8, 4) is 11.5 Å². The largest absolute Gasteiger partial charge is 0.508 e. The second kappa shape index (κ2) is 21.7. The molecular formula is C37H54ClN3O11. The van der Waals surface area contributed by atoms with E-state index in [1.165, 1.54) is 0 Å². The minimum absolute atomic E-state index is 0.0457. The van der Waals surface area contributed by atoms with Gasteiger partial charge in [0.05, 0.1) is 49.7 Å². The Morgan fingerprint density at radius 1 is 0.942 bits per heavy atom. The van der Waals surface area contributed by atoms with Crippen molar-refractivity contribution in [1.82, 2.24) is 10.7 Å². The molecule has 1 aliphatic carbocycles. The van der Waals surface area contributed by atoms with E-state index in [2.05, 4.69) is 21.1 Å². The minimum Gasteiger partial charge on any atom is -0.490 e. The van der Waals surface area contributed by atoms with Crippen LogP contribution in [-0.4, -0.2) is 112 Å². The molecule has 2 aliphatic heterocycles. The molecule has 5 rings (SSSR count). The lowest BCUT2D eigenvalue weighted by molar-refractivity contribution is -0.492. The number of hydrogen-bond acceptors (Lipinski definition) is 14.